The highest BCUT2D eigenvalue weighted by Crippen LogP contribution is 2.08. The lowest BCUT2D eigenvalue weighted by atomic mass is 10.1. The third-order valence-corrected chi connectivity index (χ3v) is 4.17. The second-order valence-corrected chi connectivity index (χ2v) is 6.53. The smallest absolute Gasteiger partial charge is 0.218 e. The minimum Gasteiger partial charge on any atom is -0.369 e. The number of nitrogens with zero attached hydrogens (tertiary/aromatic N) is 3. The number of halogens is 2. The van der Waals surface area contributed by atoms with Crippen LogP contribution in [0, 0.1) is 0 Å². The molecule has 0 radical (unpaired) electrons. The Hall–Kier alpha value is -1.46. The van der Waals surface area contributed by atoms with Crippen molar-refractivity contribution in [1.29, 1.82) is 0 Å². The first-order chi connectivity index (χ1) is 12.1. The van der Waals surface area contributed by atoms with E-state index in [4.69, 9.17) is 11.5 Å². The van der Waals surface area contributed by atoms with E-state index in [1.54, 1.807) is 0 Å². The Morgan fingerprint density at radius 2 is 1.44 bits per heavy atom. The second-order valence-electron chi connectivity index (χ2n) is 6.53. The van der Waals surface area contributed by atoms with Crippen LogP contribution >= 0.6 is 24.8 Å². The monoisotopic (exact) mass is 417 g/mol. The van der Waals surface area contributed by atoms with Crippen molar-refractivity contribution in [3.8, 4) is 0 Å². The van der Waals surface area contributed by atoms with Gasteiger partial charge in [-0.15, -0.1) is 24.8 Å². The van der Waals surface area contributed by atoms with E-state index in [-0.39, 0.29) is 30.8 Å². The van der Waals surface area contributed by atoms with Gasteiger partial charge in [0.15, 0.2) is 5.96 Å². The molecule has 0 spiro atoms. The van der Waals surface area contributed by atoms with E-state index in [9.17, 15) is 0 Å². The van der Waals surface area contributed by atoms with E-state index >= 15 is 0 Å². The molecule has 1 aromatic carbocycles. The van der Waals surface area contributed by atoms with Gasteiger partial charge in [0.05, 0.1) is 0 Å². The summed E-state index contributed by atoms with van der Waals surface area (Å²) in [5.41, 5.74) is 13.0. The molecule has 0 fully saturated rings. The minimum atomic E-state index is 0. The van der Waals surface area contributed by atoms with Crippen molar-refractivity contribution in [3.63, 3.8) is 0 Å². The third-order valence-electron chi connectivity index (χ3n) is 4.17. The summed E-state index contributed by atoms with van der Waals surface area (Å²) in [6.45, 7) is 3.67. The SMILES string of the molecule is CCCCCCCCCCN=C(N)N=C(N)N(C)Cc1ccccc1.Cl.Cl. The Kier molecular flexibility index (Phi) is 18.4. The number of aliphatic imine (C=N–C) groups is 2. The average Bonchev–Trinajstić information content (AvgIpc) is 2.61. The molecule has 0 aromatic heterocycles. The number of unbranched alkanes of at least 4 members (excludes halogenated alkanes) is 7. The molecule has 0 bridgehead atoms. The van der Waals surface area contributed by atoms with E-state index in [2.05, 4.69) is 29.0 Å². The largest absolute Gasteiger partial charge is 0.369 e. The number of nitrogens with two attached hydrogens (primary N) is 2. The van der Waals surface area contributed by atoms with Crippen LogP contribution in [0.15, 0.2) is 40.3 Å². The summed E-state index contributed by atoms with van der Waals surface area (Å²) < 4.78 is 0. The predicted octanol–water partition coefficient (Wildman–Crippen LogP) is 4.73. The summed E-state index contributed by atoms with van der Waals surface area (Å²) in [7, 11) is 1.90. The minimum absolute atomic E-state index is 0. The first kappa shape index (κ1) is 27.8. The molecular weight excluding hydrogens is 381 g/mol. The van der Waals surface area contributed by atoms with E-state index in [1.165, 1.54) is 50.5 Å². The van der Waals surface area contributed by atoms with E-state index in [0.717, 1.165) is 13.0 Å². The van der Waals surface area contributed by atoms with E-state index < -0.39 is 0 Å². The van der Waals surface area contributed by atoms with Crippen LogP contribution in [0.2, 0.25) is 0 Å². The summed E-state index contributed by atoms with van der Waals surface area (Å²) >= 11 is 0. The molecule has 0 aliphatic rings. The van der Waals surface area contributed by atoms with Gasteiger partial charge in [-0.25, -0.2) is 0 Å². The Bertz CT molecular complexity index is 520. The molecule has 27 heavy (non-hydrogen) atoms. The van der Waals surface area contributed by atoms with Crippen LogP contribution in [0.25, 0.3) is 0 Å². The maximum absolute atomic E-state index is 5.99. The molecule has 0 aliphatic carbocycles. The molecule has 0 saturated heterocycles. The van der Waals surface area contributed by atoms with Crippen LogP contribution in [0.1, 0.15) is 63.9 Å². The van der Waals surface area contributed by atoms with Crippen LogP contribution in [-0.2, 0) is 6.54 Å². The summed E-state index contributed by atoms with van der Waals surface area (Å²) in [6, 6.07) is 10.1. The van der Waals surface area contributed by atoms with Crippen molar-refractivity contribution in [2.45, 2.75) is 64.8 Å². The summed E-state index contributed by atoms with van der Waals surface area (Å²) in [5, 5.41) is 0. The number of benzene rings is 1. The Labute approximate surface area is 177 Å². The lowest BCUT2D eigenvalue weighted by Crippen LogP contribution is -2.35. The standard InChI is InChI=1S/C20H35N5.2ClH/c1-3-4-5-6-7-8-9-13-16-23-19(21)24-20(22)25(2)17-18-14-11-10-12-15-18;;/h10-12,14-15H,3-9,13,16-17H2,1-2H3,(H4,21,22,23,24);2*1H. The zero-order valence-corrected chi connectivity index (χ0v) is 18.4. The highest BCUT2D eigenvalue weighted by atomic mass is 35.5. The highest BCUT2D eigenvalue weighted by molar-refractivity contribution is 5.93. The summed E-state index contributed by atoms with van der Waals surface area (Å²) in [4.78, 5) is 10.4. The zero-order chi connectivity index (χ0) is 18.3. The number of rotatable bonds is 11. The second kappa shape index (κ2) is 17.9. The fourth-order valence-corrected chi connectivity index (χ4v) is 2.62. The Morgan fingerprint density at radius 1 is 0.889 bits per heavy atom. The molecule has 0 saturated carbocycles. The van der Waals surface area contributed by atoms with Crippen molar-refractivity contribution in [1.82, 2.24) is 4.90 Å². The van der Waals surface area contributed by atoms with Gasteiger partial charge >= 0.3 is 0 Å². The fraction of sp³-hybridized carbons (Fsp3) is 0.600. The molecule has 0 atom stereocenters. The molecule has 7 heteroatoms. The van der Waals surface area contributed by atoms with Gasteiger partial charge in [-0.3, -0.25) is 4.99 Å². The maximum atomic E-state index is 5.99. The van der Waals surface area contributed by atoms with E-state index in [1.807, 2.05) is 30.1 Å². The van der Waals surface area contributed by atoms with Crippen LogP contribution in [0.5, 0.6) is 0 Å². The van der Waals surface area contributed by atoms with Crippen molar-refractivity contribution >= 4 is 36.7 Å². The normalized spacial score (nSPS) is 11.5. The molecule has 4 N–H and O–H groups in total. The van der Waals surface area contributed by atoms with Gasteiger partial charge in [-0.2, -0.15) is 4.99 Å². The highest BCUT2D eigenvalue weighted by Gasteiger charge is 2.03. The van der Waals surface area contributed by atoms with Gasteiger partial charge in [0.25, 0.3) is 0 Å². The number of hydrogen-bond donors (Lipinski definition) is 2. The van der Waals surface area contributed by atoms with Crippen LogP contribution in [-0.4, -0.2) is 30.4 Å². The van der Waals surface area contributed by atoms with E-state index in [0.29, 0.717) is 12.5 Å². The summed E-state index contributed by atoms with van der Waals surface area (Å²) in [5.74, 6) is 0.654. The van der Waals surface area contributed by atoms with Gasteiger partial charge in [-0.05, 0) is 12.0 Å². The zero-order valence-electron chi connectivity index (χ0n) is 16.8. The topological polar surface area (TPSA) is 80.0 Å². The van der Waals surface area contributed by atoms with Crippen LogP contribution < -0.4 is 11.5 Å². The number of hydrogen-bond acceptors (Lipinski definition) is 1. The lowest BCUT2D eigenvalue weighted by Gasteiger charge is -2.17. The Balaban J connectivity index is 0. The van der Waals surface area contributed by atoms with Crippen LogP contribution in [0.4, 0.5) is 0 Å². The van der Waals surface area contributed by atoms with Crippen molar-refractivity contribution in [2.24, 2.45) is 21.5 Å². The molecular formula is C20H37Cl2N5. The molecule has 1 rings (SSSR count). The first-order valence-electron chi connectivity index (χ1n) is 9.52. The first-order valence-corrected chi connectivity index (χ1v) is 9.52. The van der Waals surface area contributed by atoms with Gasteiger partial charge in [-0.1, -0.05) is 82.2 Å². The van der Waals surface area contributed by atoms with Gasteiger partial charge in [0.2, 0.25) is 5.96 Å². The van der Waals surface area contributed by atoms with Crippen LogP contribution in [0.3, 0.4) is 0 Å². The summed E-state index contributed by atoms with van der Waals surface area (Å²) in [6.07, 6.45) is 10.3. The maximum Gasteiger partial charge on any atom is 0.218 e. The molecule has 0 aliphatic heterocycles. The van der Waals surface area contributed by atoms with Crippen molar-refractivity contribution in [3.05, 3.63) is 35.9 Å². The predicted molar refractivity (Wildman–Crippen MR) is 123 cm³/mol. The molecule has 0 unspecified atom stereocenters. The van der Waals surface area contributed by atoms with Crippen molar-refractivity contribution in [2.75, 3.05) is 13.6 Å². The molecule has 1 aromatic rings. The quantitative estimate of drug-likeness (QED) is 0.310. The molecule has 5 nitrogen and oxygen atoms in total. The molecule has 0 amide bonds. The molecule has 156 valence electrons. The van der Waals surface area contributed by atoms with Gasteiger partial charge < -0.3 is 16.4 Å². The Morgan fingerprint density at radius 3 is 2.04 bits per heavy atom. The third kappa shape index (κ3) is 14.3. The lowest BCUT2D eigenvalue weighted by molar-refractivity contribution is 0.495. The van der Waals surface area contributed by atoms with Crippen molar-refractivity contribution < 1.29 is 0 Å². The number of guanidine groups is 2. The molecule has 0 heterocycles. The van der Waals surface area contributed by atoms with Gasteiger partial charge in [0, 0.05) is 20.1 Å². The fourth-order valence-electron chi connectivity index (χ4n) is 2.62. The average molecular weight is 418 g/mol. The van der Waals surface area contributed by atoms with Gasteiger partial charge in [0.1, 0.15) is 0 Å².